The minimum atomic E-state index is -0.312. The number of hydrogen-bond donors (Lipinski definition) is 2. The average molecular weight is 404 g/mol. The van der Waals surface area contributed by atoms with Crippen molar-refractivity contribution in [2.24, 2.45) is 0 Å². The zero-order valence-electron chi connectivity index (χ0n) is 17.5. The fraction of sp³-hybridized carbons (Fsp3) is 0.636. The molecule has 29 heavy (non-hydrogen) atoms. The van der Waals surface area contributed by atoms with Crippen LogP contribution in [0.25, 0.3) is 0 Å². The molecule has 0 radical (unpaired) electrons. The number of carbonyl (C=O) groups is 2. The number of likely N-dealkylation sites (tertiary alicyclic amines) is 1. The zero-order valence-corrected chi connectivity index (χ0v) is 17.5. The summed E-state index contributed by atoms with van der Waals surface area (Å²) < 4.78 is 10.4. The molecule has 2 N–H and O–H groups in total. The second-order valence-corrected chi connectivity index (χ2v) is 7.95. The van der Waals surface area contributed by atoms with Crippen LogP contribution in [0.5, 0.6) is 11.5 Å². The van der Waals surface area contributed by atoms with E-state index < -0.39 is 0 Å². The molecule has 1 heterocycles. The highest BCUT2D eigenvalue weighted by atomic mass is 16.5. The van der Waals surface area contributed by atoms with E-state index in [2.05, 4.69) is 15.5 Å². The number of ether oxygens (including phenoxy) is 2. The maximum absolute atomic E-state index is 12.3. The van der Waals surface area contributed by atoms with E-state index in [0.29, 0.717) is 23.1 Å². The highest BCUT2D eigenvalue weighted by Gasteiger charge is 2.29. The Morgan fingerprint density at radius 1 is 1.03 bits per heavy atom. The Hall–Kier alpha value is -2.28. The topological polar surface area (TPSA) is 79.9 Å². The van der Waals surface area contributed by atoms with Gasteiger partial charge >= 0.3 is 0 Å². The normalized spacial score (nSPS) is 20.7. The average Bonchev–Trinajstić information content (AvgIpc) is 3.03. The van der Waals surface area contributed by atoms with Gasteiger partial charge < -0.3 is 20.1 Å². The molecule has 160 valence electrons. The molecule has 1 aromatic carbocycles. The number of nitrogens with zero attached hydrogens (tertiary/aromatic N) is 1. The molecular formula is C22H33N3O4. The summed E-state index contributed by atoms with van der Waals surface area (Å²) in [6.07, 6.45) is 8.88. The summed E-state index contributed by atoms with van der Waals surface area (Å²) in [6, 6.07) is 5.77. The van der Waals surface area contributed by atoms with Crippen molar-refractivity contribution in [1.29, 1.82) is 0 Å². The molecule has 1 aliphatic heterocycles. The van der Waals surface area contributed by atoms with Gasteiger partial charge in [0.2, 0.25) is 5.91 Å². The van der Waals surface area contributed by atoms with Crippen LogP contribution in [0, 0.1) is 0 Å². The van der Waals surface area contributed by atoms with Gasteiger partial charge in [-0.05, 0) is 37.5 Å². The van der Waals surface area contributed by atoms with Crippen LogP contribution in [-0.4, -0.2) is 62.7 Å². The summed E-state index contributed by atoms with van der Waals surface area (Å²) in [6.45, 7) is 1.93. The van der Waals surface area contributed by atoms with E-state index in [1.807, 2.05) is 0 Å². The molecule has 1 saturated heterocycles. The first-order chi connectivity index (χ1) is 14.1. The van der Waals surface area contributed by atoms with Crippen LogP contribution in [0.15, 0.2) is 18.2 Å². The number of hydrogen-bond acceptors (Lipinski definition) is 5. The first-order valence-corrected chi connectivity index (χ1v) is 10.6. The van der Waals surface area contributed by atoms with E-state index in [9.17, 15) is 9.59 Å². The van der Waals surface area contributed by atoms with E-state index >= 15 is 0 Å². The van der Waals surface area contributed by atoms with Crippen molar-refractivity contribution in [3.63, 3.8) is 0 Å². The monoisotopic (exact) mass is 403 g/mol. The summed E-state index contributed by atoms with van der Waals surface area (Å²) >= 11 is 0. The van der Waals surface area contributed by atoms with Crippen molar-refractivity contribution in [2.45, 2.75) is 57.0 Å². The van der Waals surface area contributed by atoms with Gasteiger partial charge in [-0.1, -0.05) is 25.7 Å². The highest BCUT2D eigenvalue weighted by Crippen LogP contribution is 2.27. The highest BCUT2D eigenvalue weighted by molar-refractivity contribution is 5.97. The van der Waals surface area contributed by atoms with Crippen LogP contribution >= 0.6 is 0 Å². The predicted octanol–water partition coefficient (Wildman–Crippen LogP) is 2.35. The molecule has 2 fully saturated rings. The van der Waals surface area contributed by atoms with Crippen LogP contribution in [0.3, 0.4) is 0 Å². The first-order valence-electron chi connectivity index (χ1n) is 10.6. The third-order valence-corrected chi connectivity index (χ3v) is 5.98. The Kier molecular flexibility index (Phi) is 7.75. The Morgan fingerprint density at radius 3 is 2.45 bits per heavy atom. The zero-order chi connectivity index (χ0) is 20.6. The Labute approximate surface area is 173 Å². The molecule has 1 saturated carbocycles. The molecule has 2 amide bonds. The lowest BCUT2D eigenvalue weighted by Gasteiger charge is -2.26. The van der Waals surface area contributed by atoms with Gasteiger partial charge in [0.05, 0.1) is 20.8 Å². The molecule has 1 aliphatic carbocycles. The molecule has 0 spiro atoms. The van der Waals surface area contributed by atoms with Crippen molar-refractivity contribution in [3.8, 4) is 11.5 Å². The maximum Gasteiger partial charge on any atom is 0.251 e. The SMILES string of the molecule is COc1ccc(C(=O)NCC(=O)NC2CCN(C3CCCCCC3)C2)cc1OC. The standard InChI is InChI=1S/C22H33N3O4/c1-28-19-10-9-16(13-20(19)29-2)22(27)23-14-21(26)24-17-11-12-25(15-17)18-7-5-3-4-6-8-18/h9-10,13,17-18H,3-8,11-12,14-15H2,1-2H3,(H,23,27)(H,24,26). The van der Waals surface area contributed by atoms with Gasteiger partial charge in [-0.25, -0.2) is 0 Å². The molecule has 1 atom stereocenters. The summed E-state index contributed by atoms with van der Waals surface area (Å²) in [4.78, 5) is 27.2. The second kappa shape index (κ2) is 10.5. The Morgan fingerprint density at radius 2 is 1.76 bits per heavy atom. The van der Waals surface area contributed by atoms with E-state index in [0.717, 1.165) is 19.5 Å². The molecule has 7 heteroatoms. The van der Waals surface area contributed by atoms with E-state index in [1.54, 1.807) is 25.3 Å². The van der Waals surface area contributed by atoms with E-state index in [1.165, 1.54) is 45.6 Å². The van der Waals surface area contributed by atoms with Gasteiger partial charge in [0.25, 0.3) is 5.91 Å². The molecule has 3 rings (SSSR count). The number of carbonyl (C=O) groups excluding carboxylic acids is 2. The van der Waals surface area contributed by atoms with Crippen molar-refractivity contribution >= 4 is 11.8 Å². The quantitative estimate of drug-likeness (QED) is 0.683. The number of benzene rings is 1. The molecule has 1 aromatic rings. The van der Waals surface area contributed by atoms with Gasteiger partial charge in [-0.3, -0.25) is 14.5 Å². The fourth-order valence-electron chi connectivity index (χ4n) is 4.38. The Bertz CT molecular complexity index is 701. The summed E-state index contributed by atoms with van der Waals surface area (Å²) in [7, 11) is 3.06. The lowest BCUT2D eigenvalue weighted by molar-refractivity contribution is -0.120. The predicted molar refractivity (Wildman–Crippen MR) is 111 cm³/mol. The van der Waals surface area contributed by atoms with Gasteiger partial charge in [0.1, 0.15) is 0 Å². The lowest BCUT2D eigenvalue weighted by atomic mass is 10.1. The van der Waals surface area contributed by atoms with Crippen LogP contribution in [-0.2, 0) is 4.79 Å². The van der Waals surface area contributed by atoms with Gasteiger partial charge in [-0.15, -0.1) is 0 Å². The van der Waals surface area contributed by atoms with Crippen LogP contribution in [0.1, 0.15) is 55.3 Å². The molecule has 0 aromatic heterocycles. The first kappa shape index (κ1) is 21.4. The van der Waals surface area contributed by atoms with Gasteiger partial charge in [0, 0.05) is 30.7 Å². The van der Waals surface area contributed by atoms with Crippen molar-refractivity contribution in [1.82, 2.24) is 15.5 Å². The third kappa shape index (κ3) is 5.85. The third-order valence-electron chi connectivity index (χ3n) is 5.98. The lowest BCUT2D eigenvalue weighted by Crippen LogP contribution is -2.44. The van der Waals surface area contributed by atoms with Gasteiger partial charge in [-0.2, -0.15) is 0 Å². The number of rotatable bonds is 7. The van der Waals surface area contributed by atoms with Crippen molar-refractivity contribution in [3.05, 3.63) is 23.8 Å². The summed E-state index contributed by atoms with van der Waals surface area (Å²) in [5.74, 6) is 0.578. The molecule has 1 unspecified atom stereocenters. The fourth-order valence-corrected chi connectivity index (χ4v) is 4.38. The number of amides is 2. The minimum absolute atomic E-state index is 0.0346. The number of methoxy groups -OCH3 is 2. The molecule has 7 nitrogen and oxygen atoms in total. The molecule has 2 aliphatic rings. The van der Waals surface area contributed by atoms with Gasteiger partial charge in [0.15, 0.2) is 11.5 Å². The maximum atomic E-state index is 12.3. The smallest absolute Gasteiger partial charge is 0.251 e. The van der Waals surface area contributed by atoms with E-state index in [-0.39, 0.29) is 24.4 Å². The van der Waals surface area contributed by atoms with E-state index in [4.69, 9.17) is 9.47 Å². The van der Waals surface area contributed by atoms with Crippen LogP contribution < -0.4 is 20.1 Å². The van der Waals surface area contributed by atoms with Crippen molar-refractivity contribution < 1.29 is 19.1 Å². The summed E-state index contributed by atoms with van der Waals surface area (Å²) in [5.41, 5.74) is 0.427. The second-order valence-electron chi connectivity index (χ2n) is 7.95. The largest absolute Gasteiger partial charge is 0.493 e. The molecule has 0 bridgehead atoms. The number of nitrogens with one attached hydrogen (secondary N) is 2. The molecular weight excluding hydrogens is 370 g/mol. The van der Waals surface area contributed by atoms with Crippen LogP contribution in [0.4, 0.5) is 0 Å². The Balaban J connectivity index is 1.43. The van der Waals surface area contributed by atoms with Crippen LogP contribution in [0.2, 0.25) is 0 Å². The van der Waals surface area contributed by atoms with Crippen molar-refractivity contribution in [2.75, 3.05) is 33.9 Å². The minimum Gasteiger partial charge on any atom is -0.493 e. The summed E-state index contributed by atoms with van der Waals surface area (Å²) in [5, 5.41) is 5.75.